The Kier molecular flexibility index (Phi) is 6.81. The van der Waals surface area contributed by atoms with Gasteiger partial charge in [0, 0.05) is 23.4 Å². The molecule has 6 heteroatoms. The Labute approximate surface area is 184 Å². The number of benzene rings is 2. The zero-order valence-electron chi connectivity index (χ0n) is 18.7. The van der Waals surface area contributed by atoms with E-state index >= 15 is 0 Å². The average molecular weight is 422 g/mol. The molecule has 0 unspecified atom stereocenters. The number of aliphatic hydroxyl groups is 1. The maximum Gasteiger partial charge on any atom is 0.410 e. The molecule has 0 radical (unpaired) electrons. The third-order valence-electron chi connectivity index (χ3n) is 5.07. The predicted molar refractivity (Wildman–Crippen MR) is 123 cm³/mol. The zero-order valence-corrected chi connectivity index (χ0v) is 18.7. The first kappa shape index (κ1) is 22.6. The number of aliphatic hydroxyl groups excluding tert-OH is 1. The standard InChI is InChI=1S/C25H31N3O3/c1-17-8-5-6-11-20(17)23(27-13-18-9-7-10-19(12-18)16-29)21-14-28(15-22(21)26)24(30)31-25(2,3)4/h5-12,26-27,29H,13-16H2,1-4H3/b23-21-,26-22?. The number of hydrogen-bond acceptors (Lipinski definition) is 5. The van der Waals surface area contributed by atoms with E-state index in [1.54, 1.807) is 4.90 Å². The lowest BCUT2D eigenvalue weighted by molar-refractivity contribution is 0.0309. The highest BCUT2D eigenvalue weighted by Crippen LogP contribution is 2.26. The lowest BCUT2D eigenvalue weighted by atomic mass is 9.99. The maximum absolute atomic E-state index is 12.6. The van der Waals surface area contributed by atoms with Gasteiger partial charge in [0.2, 0.25) is 0 Å². The van der Waals surface area contributed by atoms with Gasteiger partial charge in [0.25, 0.3) is 0 Å². The molecule has 1 aliphatic heterocycles. The number of carbonyl (C=O) groups excluding carboxylic acids is 1. The third kappa shape index (κ3) is 5.73. The molecule has 3 rings (SSSR count). The van der Waals surface area contributed by atoms with Crippen molar-refractivity contribution in [3.8, 4) is 0 Å². The minimum atomic E-state index is -0.583. The van der Waals surface area contributed by atoms with Gasteiger partial charge in [-0.05, 0) is 44.4 Å². The summed E-state index contributed by atoms with van der Waals surface area (Å²) >= 11 is 0. The first-order valence-corrected chi connectivity index (χ1v) is 10.5. The maximum atomic E-state index is 12.6. The highest BCUT2D eigenvalue weighted by atomic mass is 16.6. The average Bonchev–Trinajstić information content (AvgIpc) is 3.10. The molecule has 0 spiro atoms. The Balaban J connectivity index is 1.92. The van der Waals surface area contributed by atoms with E-state index in [-0.39, 0.29) is 13.2 Å². The Hall–Kier alpha value is -3.12. The largest absolute Gasteiger partial charge is 0.444 e. The summed E-state index contributed by atoms with van der Waals surface area (Å²) < 4.78 is 5.51. The fraction of sp³-hybridized carbons (Fsp3) is 0.360. The van der Waals surface area contributed by atoms with Crippen molar-refractivity contribution in [2.45, 2.75) is 46.4 Å². The Morgan fingerprint density at radius 1 is 1.13 bits per heavy atom. The number of rotatable bonds is 5. The van der Waals surface area contributed by atoms with Gasteiger partial charge in [0.05, 0.1) is 25.4 Å². The van der Waals surface area contributed by atoms with Crippen LogP contribution in [0.2, 0.25) is 0 Å². The molecule has 164 valence electrons. The van der Waals surface area contributed by atoms with E-state index < -0.39 is 11.7 Å². The van der Waals surface area contributed by atoms with Crippen molar-refractivity contribution >= 4 is 17.5 Å². The summed E-state index contributed by atoms with van der Waals surface area (Å²) in [5.41, 5.74) is 5.45. The van der Waals surface area contributed by atoms with Crippen LogP contribution in [-0.2, 0) is 17.9 Å². The molecule has 0 bridgehead atoms. The summed E-state index contributed by atoms with van der Waals surface area (Å²) in [5.74, 6) is 0. The summed E-state index contributed by atoms with van der Waals surface area (Å²) in [7, 11) is 0. The van der Waals surface area contributed by atoms with Crippen LogP contribution in [0.1, 0.15) is 43.0 Å². The second kappa shape index (κ2) is 9.35. The van der Waals surface area contributed by atoms with Gasteiger partial charge < -0.3 is 20.6 Å². The van der Waals surface area contributed by atoms with E-state index in [2.05, 4.69) is 5.32 Å². The van der Waals surface area contributed by atoms with Gasteiger partial charge in [-0.25, -0.2) is 4.79 Å². The Morgan fingerprint density at radius 2 is 1.84 bits per heavy atom. The first-order chi connectivity index (χ1) is 14.7. The molecule has 1 amide bonds. The van der Waals surface area contributed by atoms with Crippen LogP contribution in [0.3, 0.4) is 0 Å². The van der Waals surface area contributed by atoms with Crippen LogP contribution >= 0.6 is 0 Å². The number of aryl methyl sites for hydroxylation is 1. The normalized spacial score (nSPS) is 15.8. The van der Waals surface area contributed by atoms with E-state index in [9.17, 15) is 9.90 Å². The lowest BCUT2D eigenvalue weighted by Crippen LogP contribution is -2.35. The van der Waals surface area contributed by atoms with E-state index in [1.165, 1.54) is 0 Å². The van der Waals surface area contributed by atoms with Gasteiger partial charge in [0.1, 0.15) is 5.60 Å². The summed E-state index contributed by atoms with van der Waals surface area (Å²) in [6, 6.07) is 15.8. The SMILES string of the molecule is Cc1ccccc1/C(NCc1cccc(CO)c1)=C1\CN(C(=O)OC(C)(C)C)CC1=N. The quantitative estimate of drug-likeness (QED) is 0.673. The van der Waals surface area contributed by atoms with Crippen LogP contribution in [0.4, 0.5) is 4.79 Å². The molecule has 31 heavy (non-hydrogen) atoms. The van der Waals surface area contributed by atoms with E-state index in [0.29, 0.717) is 18.8 Å². The van der Waals surface area contributed by atoms with Gasteiger partial charge in [-0.1, -0.05) is 48.5 Å². The lowest BCUT2D eigenvalue weighted by Gasteiger charge is -2.24. The molecule has 1 fully saturated rings. The molecule has 3 N–H and O–H groups in total. The molecule has 2 aromatic rings. The fourth-order valence-electron chi connectivity index (χ4n) is 3.56. The number of nitrogens with zero attached hydrogens (tertiary/aromatic N) is 1. The van der Waals surface area contributed by atoms with Crippen molar-refractivity contribution in [1.29, 1.82) is 5.41 Å². The molecule has 0 aliphatic carbocycles. The Morgan fingerprint density at radius 3 is 2.52 bits per heavy atom. The molecule has 0 aromatic heterocycles. The number of hydrogen-bond donors (Lipinski definition) is 3. The molecule has 1 heterocycles. The van der Waals surface area contributed by atoms with Crippen molar-refractivity contribution in [3.05, 3.63) is 76.4 Å². The highest BCUT2D eigenvalue weighted by molar-refractivity contribution is 6.09. The topological polar surface area (TPSA) is 85.7 Å². The number of amides is 1. The van der Waals surface area contributed by atoms with Crippen molar-refractivity contribution in [1.82, 2.24) is 10.2 Å². The molecular weight excluding hydrogens is 390 g/mol. The van der Waals surface area contributed by atoms with Crippen molar-refractivity contribution in [2.75, 3.05) is 13.1 Å². The molecular formula is C25H31N3O3. The minimum absolute atomic E-state index is 0.00489. The van der Waals surface area contributed by atoms with Gasteiger partial charge in [0.15, 0.2) is 0 Å². The monoisotopic (exact) mass is 421 g/mol. The van der Waals surface area contributed by atoms with Crippen LogP contribution in [0.5, 0.6) is 0 Å². The van der Waals surface area contributed by atoms with E-state index in [4.69, 9.17) is 10.1 Å². The van der Waals surface area contributed by atoms with Gasteiger partial charge in [-0.3, -0.25) is 4.90 Å². The smallest absolute Gasteiger partial charge is 0.410 e. The zero-order chi connectivity index (χ0) is 22.6. The number of likely N-dealkylation sites (tertiary alicyclic amines) is 1. The molecule has 6 nitrogen and oxygen atoms in total. The number of nitrogens with one attached hydrogen (secondary N) is 2. The molecule has 0 saturated carbocycles. The second-order valence-electron chi connectivity index (χ2n) is 8.82. The summed E-state index contributed by atoms with van der Waals surface area (Å²) in [4.78, 5) is 14.1. The van der Waals surface area contributed by atoms with Crippen LogP contribution in [0.25, 0.3) is 5.70 Å². The molecule has 0 atom stereocenters. The molecule has 1 aliphatic rings. The van der Waals surface area contributed by atoms with Crippen LogP contribution in [-0.4, -0.2) is 40.5 Å². The van der Waals surface area contributed by atoms with Crippen molar-refractivity contribution in [2.24, 2.45) is 0 Å². The predicted octanol–water partition coefficient (Wildman–Crippen LogP) is 4.26. The summed E-state index contributed by atoms with van der Waals surface area (Å²) in [5, 5.41) is 21.5. The summed E-state index contributed by atoms with van der Waals surface area (Å²) in [6.07, 6.45) is -0.410. The third-order valence-corrected chi connectivity index (χ3v) is 5.07. The summed E-state index contributed by atoms with van der Waals surface area (Å²) in [6.45, 7) is 8.63. The van der Waals surface area contributed by atoms with Gasteiger partial charge >= 0.3 is 6.09 Å². The van der Waals surface area contributed by atoms with E-state index in [0.717, 1.165) is 33.5 Å². The van der Waals surface area contributed by atoms with E-state index in [1.807, 2.05) is 76.2 Å². The van der Waals surface area contributed by atoms with Crippen LogP contribution < -0.4 is 5.32 Å². The van der Waals surface area contributed by atoms with Crippen LogP contribution in [0, 0.1) is 12.3 Å². The molecule has 2 aromatic carbocycles. The van der Waals surface area contributed by atoms with Crippen molar-refractivity contribution in [3.63, 3.8) is 0 Å². The van der Waals surface area contributed by atoms with Crippen LogP contribution in [0.15, 0.2) is 54.1 Å². The first-order valence-electron chi connectivity index (χ1n) is 10.5. The van der Waals surface area contributed by atoms with Gasteiger partial charge in [-0.2, -0.15) is 0 Å². The minimum Gasteiger partial charge on any atom is -0.444 e. The fourth-order valence-corrected chi connectivity index (χ4v) is 3.56. The number of ether oxygens (including phenoxy) is 1. The van der Waals surface area contributed by atoms with Gasteiger partial charge in [-0.15, -0.1) is 0 Å². The Bertz CT molecular complexity index is 1010. The molecule has 1 saturated heterocycles. The van der Waals surface area contributed by atoms with Crippen molar-refractivity contribution < 1.29 is 14.6 Å². The highest BCUT2D eigenvalue weighted by Gasteiger charge is 2.32. The number of carbonyl (C=O) groups is 1. The second-order valence-corrected chi connectivity index (χ2v) is 8.82.